The Bertz CT molecular complexity index is 1030. The lowest BCUT2D eigenvalue weighted by Crippen LogP contribution is -2.56. The average Bonchev–Trinajstić information content (AvgIpc) is 3.39. The average molecular weight is 455 g/mol. The molecule has 4 rings (SSSR count). The molecule has 0 unspecified atom stereocenters. The minimum Gasteiger partial charge on any atom is -0.415 e. The van der Waals surface area contributed by atoms with Crippen LogP contribution in [0.4, 0.5) is 17.6 Å². The largest absolute Gasteiger partial charge is 0.415 e. The van der Waals surface area contributed by atoms with Crippen molar-refractivity contribution in [3.63, 3.8) is 0 Å². The van der Waals surface area contributed by atoms with Gasteiger partial charge in [-0.2, -0.15) is 17.6 Å². The van der Waals surface area contributed by atoms with Gasteiger partial charge in [-0.15, -0.1) is 10.2 Å². The predicted molar refractivity (Wildman–Crippen MR) is 102 cm³/mol. The molecule has 0 spiro atoms. The first kappa shape index (κ1) is 22.2. The Morgan fingerprint density at radius 1 is 1.31 bits per heavy atom. The lowest BCUT2D eigenvalue weighted by atomic mass is 9.89. The van der Waals surface area contributed by atoms with E-state index in [1.54, 1.807) is 0 Å². The van der Waals surface area contributed by atoms with Gasteiger partial charge in [0.1, 0.15) is 0 Å². The number of hydrogen-bond acceptors (Lipinski definition) is 6. The van der Waals surface area contributed by atoms with Gasteiger partial charge in [-0.1, -0.05) is 19.8 Å². The number of hydrogen-bond donors (Lipinski definition) is 1. The second kappa shape index (κ2) is 8.47. The van der Waals surface area contributed by atoms with Crippen LogP contribution in [0.5, 0.6) is 0 Å². The SMILES string of the molecule is CCC(F)(F)C(=O)N[C@@H]1CCCC[C@H]1N1Cc2ncc(-c3nnc(C(F)F)o3)cc2C1=O. The first-order chi connectivity index (χ1) is 15.2. The number of rotatable bonds is 6. The van der Waals surface area contributed by atoms with Crippen LogP contribution in [-0.4, -0.2) is 49.9 Å². The summed E-state index contributed by atoms with van der Waals surface area (Å²) in [6.07, 6.45) is 0.386. The van der Waals surface area contributed by atoms with Crippen LogP contribution in [0.2, 0.25) is 0 Å². The zero-order valence-corrected chi connectivity index (χ0v) is 17.2. The number of alkyl halides is 4. The van der Waals surface area contributed by atoms with Gasteiger partial charge in [0.2, 0.25) is 5.89 Å². The summed E-state index contributed by atoms with van der Waals surface area (Å²) in [5, 5.41) is 9.26. The molecule has 1 aliphatic heterocycles. The van der Waals surface area contributed by atoms with Crippen molar-refractivity contribution in [2.24, 2.45) is 0 Å². The number of amides is 2. The van der Waals surface area contributed by atoms with E-state index >= 15 is 0 Å². The molecule has 2 aromatic heterocycles. The van der Waals surface area contributed by atoms with Gasteiger partial charge >= 0.3 is 12.3 Å². The zero-order chi connectivity index (χ0) is 23.0. The van der Waals surface area contributed by atoms with E-state index in [0.29, 0.717) is 18.5 Å². The van der Waals surface area contributed by atoms with Gasteiger partial charge < -0.3 is 14.6 Å². The lowest BCUT2D eigenvalue weighted by molar-refractivity contribution is -0.147. The third kappa shape index (κ3) is 4.05. The molecule has 1 N–H and O–H groups in total. The summed E-state index contributed by atoms with van der Waals surface area (Å²) in [6, 6.07) is 0.380. The third-order valence-corrected chi connectivity index (χ3v) is 5.88. The molecule has 2 atom stereocenters. The van der Waals surface area contributed by atoms with Crippen LogP contribution < -0.4 is 5.32 Å². The molecule has 2 aliphatic rings. The van der Waals surface area contributed by atoms with Crippen molar-refractivity contribution in [3.05, 3.63) is 29.4 Å². The van der Waals surface area contributed by atoms with Crippen LogP contribution in [0.15, 0.2) is 16.7 Å². The van der Waals surface area contributed by atoms with Gasteiger partial charge in [0.05, 0.1) is 29.4 Å². The minimum absolute atomic E-state index is 0.155. The maximum atomic E-state index is 13.8. The molecule has 172 valence electrons. The Hall–Kier alpha value is -3.05. The molecule has 1 aliphatic carbocycles. The van der Waals surface area contributed by atoms with Crippen molar-refractivity contribution >= 4 is 11.8 Å². The van der Waals surface area contributed by atoms with Crippen molar-refractivity contribution in [3.8, 4) is 11.5 Å². The molecule has 8 nitrogen and oxygen atoms in total. The molecular weight excluding hydrogens is 434 g/mol. The molecule has 3 heterocycles. The van der Waals surface area contributed by atoms with E-state index < -0.39 is 42.7 Å². The lowest BCUT2D eigenvalue weighted by Gasteiger charge is -2.38. The van der Waals surface area contributed by atoms with Gasteiger partial charge in [-0.05, 0) is 18.9 Å². The van der Waals surface area contributed by atoms with Crippen molar-refractivity contribution in [2.75, 3.05) is 0 Å². The number of carbonyl (C=O) groups excluding carboxylic acids is 2. The second-order valence-electron chi connectivity index (χ2n) is 7.89. The number of nitrogens with one attached hydrogen (secondary N) is 1. The Balaban J connectivity index is 1.54. The third-order valence-electron chi connectivity index (χ3n) is 5.88. The van der Waals surface area contributed by atoms with Crippen molar-refractivity contribution < 1.29 is 31.6 Å². The van der Waals surface area contributed by atoms with Crippen molar-refractivity contribution in [1.82, 2.24) is 25.4 Å². The van der Waals surface area contributed by atoms with Crippen LogP contribution in [-0.2, 0) is 11.3 Å². The van der Waals surface area contributed by atoms with E-state index in [4.69, 9.17) is 4.42 Å². The van der Waals surface area contributed by atoms with Crippen LogP contribution in [0.3, 0.4) is 0 Å². The molecule has 0 bridgehead atoms. The molecule has 2 amide bonds. The van der Waals surface area contributed by atoms with Gasteiger partial charge in [0, 0.05) is 18.7 Å². The molecular formula is C20H21F4N5O3. The number of fused-ring (bicyclic) bond motifs is 1. The molecule has 0 aromatic carbocycles. The van der Waals surface area contributed by atoms with Crippen molar-refractivity contribution in [1.29, 1.82) is 0 Å². The zero-order valence-electron chi connectivity index (χ0n) is 17.2. The maximum absolute atomic E-state index is 13.8. The smallest absolute Gasteiger partial charge is 0.324 e. The highest BCUT2D eigenvalue weighted by Crippen LogP contribution is 2.33. The van der Waals surface area contributed by atoms with Crippen molar-refractivity contribution in [2.45, 2.75) is 70.0 Å². The molecule has 12 heteroatoms. The summed E-state index contributed by atoms with van der Waals surface area (Å²) in [5.74, 6) is -6.22. The van der Waals surface area contributed by atoms with E-state index in [1.807, 2.05) is 0 Å². The first-order valence-corrected chi connectivity index (χ1v) is 10.3. The maximum Gasteiger partial charge on any atom is 0.324 e. The molecule has 0 radical (unpaired) electrons. The van der Waals surface area contributed by atoms with Crippen LogP contribution in [0.25, 0.3) is 11.5 Å². The molecule has 32 heavy (non-hydrogen) atoms. The predicted octanol–water partition coefficient (Wildman–Crippen LogP) is 3.50. The van der Waals surface area contributed by atoms with Gasteiger partial charge in [0.15, 0.2) is 0 Å². The Labute approximate surface area is 180 Å². The summed E-state index contributed by atoms with van der Waals surface area (Å²) in [4.78, 5) is 30.9. The number of pyridine rings is 1. The normalized spacial score (nSPS) is 21.2. The van der Waals surface area contributed by atoms with E-state index in [9.17, 15) is 27.2 Å². The summed E-state index contributed by atoms with van der Waals surface area (Å²) in [5.41, 5.74) is 0.921. The van der Waals surface area contributed by atoms with Gasteiger partial charge in [-0.25, -0.2) is 0 Å². The minimum atomic E-state index is -3.47. The Morgan fingerprint density at radius 2 is 2.06 bits per heavy atom. The molecule has 1 fully saturated rings. The van der Waals surface area contributed by atoms with E-state index in [2.05, 4.69) is 20.5 Å². The highest BCUT2D eigenvalue weighted by atomic mass is 19.3. The quantitative estimate of drug-likeness (QED) is 0.669. The summed E-state index contributed by atoms with van der Waals surface area (Å²) in [6.45, 7) is 1.39. The number of nitrogens with zero attached hydrogens (tertiary/aromatic N) is 4. The standard InChI is InChI=1S/C20H21F4N5O3/c1-2-20(23,24)19(31)26-12-5-3-4-6-14(12)29-9-13-11(18(29)30)7-10(8-25-13)16-27-28-17(32-16)15(21)22/h7-8,12,14-15H,2-6,9H2,1H3,(H,26,31)/t12-,14-/m1/s1. The molecule has 1 saturated carbocycles. The van der Waals surface area contributed by atoms with Gasteiger partial charge in [0.25, 0.3) is 17.7 Å². The Kier molecular flexibility index (Phi) is 5.87. The topological polar surface area (TPSA) is 101 Å². The fourth-order valence-corrected chi connectivity index (χ4v) is 4.10. The number of carbonyl (C=O) groups is 2. The van der Waals surface area contributed by atoms with Crippen LogP contribution in [0, 0.1) is 0 Å². The summed E-state index contributed by atoms with van der Waals surface area (Å²) < 4.78 is 57.9. The number of halogens is 4. The summed E-state index contributed by atoms with van der Waals surface area (Å²) in [7, 11) is 0. The summed E-state index contributed by atoms with van der Waals surface area (Å²) >= 11 is 0. The first-order valence-electron chi connectivity index (χ1n) is 10.3. The molecule has 2 aromatic rings. The second-order valence-corrected chi connectivity index (χ2v) is 7.89. The fourth-order valence-electron chi connectivity index (χ4n) is 4.10. The number of aromatic nitrogens is 3. The van der Waals surface area contributed by atoms with E-state index in [0.717, 1.165) is 12.8 Å². The van der Waals surface area contributed by atoms with Gasteiger partial charge in [-0.3, -0.25) is 14.6 Å². The van der Waals surface area contributed by atoms with Crippen LogP contribution in [0.1, 0.15) is 67.4 Å². The van der Waals surface area contributed by atoms with E-state index in [-0.39, 0.29) is 29.5 Å². The highest BCUT2D eigenvalue weighted by molar-refractivity contribution is 5.99. The highest BCUT2D eigenvalue weighted by Gasteiger charge is 2.43. The molecule has 0 saturated heterocycles. The Morgan fingerprint density at radius 3 is 2.75 bits per heavy atom. The fraction of sp³-hybridized carbons (Fsp3) is 0.550. The monoisotopic (exact) mass is 455 g/mol. The van der Waals surface area contributed by atoms with Crippen LogP contribution >= 0.6 is 0 Å². The van der Waals surface area contributed by atoms with E-state index in [1.165, 1.54) is 24.1 Å².